The van der Waals surface area contributed by atoms with Crippen molar-refractivity contribution in [3.63, 3.8) is 0 Å². The van der Waals surface area contributed by atoms with Gasteiger partial charge in [0.25, 0.3) is 0 Å². The van der Waals surface area contributed by atoms with E-state index in [0.29, 0.717) is 0 Å². The second-order valence-corrected chi connectivity index (χ2v) is 4.39. The largest absolute Gasteiger partial charge is 0.295 e. The first kappa shape index (κ1) is 8.28. The normalized spacial score (nSPS) is 11.6. The zero-order valence-electron chi connectivity index (χ0n) is 7.58. The van der Waals surface area contributed by atoms with Gasteiger partial charge in [-0.2, -0.15) is 0 Å². The summed E-state index contributed by atoms with van der Waals surface area (Å²) < 4.78 is 3.23. The molecule has 0 aliphatic rings. The van der Waals surface area contributed by atoms with Crippen LogP contribution in [0, 0.1) is 10.5 Å². The van der Waals surface area contributed by atoms with Gasteiger partial charge in [0.15, 0.2) is 5.65 Å². The lowest BCUT2D eigenvalue weighted by Crippen LogP contribution is -1.82. The van der Waals surface area contributed by atoms with E-state index < -0.39 is 0 Å². The number of aromatic amines is 1. The number of halogens is 1. The van der Waals surface area contributed by atoms with Crippen LogP contribution in [0.25, 0.3) is 16.7 Å². The fourth-order valence-electron chi connectivity index (χ4n) is 1.67. The average Bonchev–Trinajstić information content (AvgIpc) is 2.67. The molecule has 0 radical (unpaired) electrons. The zero-order valence-corrected chi connectivity index (χ0v) is 9.74. The zero-order chi connectivity index (χ0) is 9.71. The van der Waals surface area contributed by atoms with Crippen molar-refractivity contribution >= 4 is 39.3 Å². The Morgan fingerprint density at radius 1 is 1.36 bits per heavy atom. The Kier molecular flexibility index (Phi) is 1.61. The summed E-state index contributed by atoms with van der Waals surface area (Å²) in [4.78, 5) is 4.56. The molecule has 1 N–H and O–H groups in total. The first-order valence-electron chi connectivity index (χ1n) is 4.38. The van der Waals surface area contributed by atoms with Crippen molar-refractivity contribution in [2.75, 3.05) is 0 Å². The molecule has 0 amide bonds. The van der Waals surface area contributed by atoms with Crippen LogP contribution in [0.2, 0.25) is 0 Å². The van der Waals surface area contributed by atoms with E-state index in [9.17, 15) is 0 Å². The number of rotatable bonds is 0. The predicted molar refractivity (Wildman–Crippen MR) is 64.5 cm³/mol. The van der Waals surface area contributed by atoms with Crippen LogP contribution < -0.4 is 0 Å². The van der Waals surface area contributed by atoms with Crippen molar-refractivity contribution in [2.45, 2.75) is 6.92 Å². The molecule has 2 heterocycles. The number of benzene rings is 1. The summed E-state index contributed by atoms with van der Waals surface area (Å²) in [6.07, 6.45) is 0. The third kappa shape index (κ3) is 0.943. The molecule has 0 saturated carbocycles. The minimum absolute atomic E-state index is 1.02. The molecule has 0 unspecified atom stereocenters. The van der Waals surface area contributed by atoms with Gasteiger partial charge in [-0.25, -0.2) is 9.50 Å². The van der Waals surface area contributed by atoms with Gasteiger partial charge in [-0.05, 0) is 41.6 Å². The highest BCUT2D eigenvalue weighted by molar-refractivity contribution is 14.1. The van der Waals surface area contributed by atoms with Gasteiger partial charge in [0, 0.05) is 5.69 Å². The monoisotopic (exact) mass is 297 g/mol. The molecule has 0 fully saturated rings. The Hall–Kier alpha value is -1.04. The van der Waals surface area contributed by atoms with E-state index in [0.717, 1.165) is 16.7 Å². The minimum atomic E-state index is 1.02. The number of hydrogen-bond acceptors (Lipinski definition) is 1. The molecule has 14 heavy (non-hydrogen) atoms. The van der Waals surface area contributed by atoms with Gasteiger partial charge < -0.3 is 0 Å². The molecule has 3 aromatic rings. The van der Waals surface area contributed by atoms with Crippen LogP contribution >= 0.6 is 22.6 Å². The number of nitrogens with zero attached hydrogens (tertiary/aromatic N) is 2. The van der Waals surface area contributed by atoms with E-state index in [1.165, 1.54) is 9.26 Å². The van der Waals surface area contributed by atoms with Crippen LogP contribution in [-0.2, 0) is 0 Å². The van der Waals surface area contributed by atoms with Gasteiger partial charge in [0.05, 0.1) is 14.6 Å². The molecule has 70 valence electrons. The highest BCUT2D eigenvalue weighted by Gasteiger charge is 2.10. The molecule has 0 bridgehead atoms. The number of fused-ring (bicyclic) bond motifs is 3. The van der Waals surface area contributed by atoms with Crippen molar-refractivity contribution in [3.8, 4) is 0 Å². The molecule has 1 aromatic carbocycles. The van der Waals surface area contributed by atoms with Gasteiger partial charge in [-0.15, -0.1) is 0 Å². The quantitative estimate of drug-likeness (QED) is 0.636. The molecule has 3 nitrogen and oxygen atoms in total. The lowest BCUT2D eigenvalue weighted by Gasteiger charge is -1.88. The van der Waals surface area contributed by atoms with Crippen molar-refractivity contribution in [3.05, 3.63) is 33.5 Å². The van der Waals surface area contributed by atoms with Crippen molar-refractivity contribution in [1.82, 2.24) is 14.6 Å². The molecular formula is C10H8IN3. The summed E-state index contributed by atoms with van der Waals surface area (Å²) in [5, 5.41) is 3.30. The Labute approximate surface area is 94.3 Å². The van der Waals surface area contributed by atoms with Gasteiger partial charge in [0.2, 0.25) is 0 Å². The highest BCUT2D eigenvalue weighted by atomic mass is 127. The van der Waals surface area contributed by atoms with E-state index in [1.54, 1.807) is 0 Å². The summed E-state index contributed by atoms with van der Waals surface area (Å²) >= 11 is 2.32. The van der Waals surface area contributed by atoms with Gasteiger partial charge >= 0.3 is 0 Å². The summed E-state index contributed by atoms with van der Waals surface area (Å²) in [6, 6.07) is 8.14. The number of imidazole rings is 1. The van der Waals surface area contributed by atoms with E-state index in [1.807, 2.05) is 22.7 Å². The second kappa shape index (κ2) is 2.73. The van der Waals surface area contributed by atoms with Crippen LogP contribution in [-0.4, -0.2) is 14.6 Å². The molecule has 2 aromatic heterocycles. The van der Waals surface area contributed by atoms with E-state index in [2.05, 4.69) is 45.7 Å². The number of para-hydroxylation sites is 2. The number of nitrogens with one attached hydrogen (secondary N) is 1. The number of hydrogen-bond donors (Lipinski definition) is 1. The lowest BCUT2D eigenvalue weighted by atomic mass is 10.3. The third-order valence-corrected chi connectivity index (χ3v) is 3.66. The van der Waals surface area contributed by atoms with Crippen LogP contribution in [0.3, 0.4) is 0 Å². The van der Waals surface area contributed by atoms with Gasteiger partial charge in [-0.1, -0.05) is 12.1 Å². The minimum Gasteiger partial charge on any atom is -0.295 e. The van der Waals surface area contributed by atoms with Gasteiger partial charge in [-0.3, -0.25) is 5.10 Å². The summed E-state index contributed by atoms with van der Waals surface area (Å²) in [5.41, 5.74) is 4.35. The molecule has 0 aliphatic carbocycles. The highest BCUT2D eigenvalue weighted by Crippen LogP contribution is 2.21. The molecule has 3 rings (SSSR count). The SMILES string of the molecule is Cc1[nH]n2c(nc3ccccc32)c1I. The second-order valence-electron chi connectivity index (χ2n) is 3.31. The van der Waals surface area contributed by atoms with Gasteiger partial charge in [0.1, 0.15) is 0 Å². The molecule has 0 saturated heterocycles. The topological polar surface area (TPSA) is 33.1 Å². The van der Waals surface area contributed by atoms with Crippen LogP contribution in [0.4, 0.5) is 0 Å². The lowest BCUT2D eigenvalue weighted by molar-refractivity contribution is 0.974. The fraction of sp³-hybridized carbons (Fsp3) is 0.100. The average molecular weight is 297 g/mol. The van der Waals surface area contributed by atoms with E-state index in [-0.39, 0.29) is 0 Å². The summed E-state index contributed by atoms with van der Waals surface area (Å²) in [7, 11) is 0. The van der Waals surface area contributed by atoms with Crippen LogP contribution in [0.1, 0.15) is 5.69 Å². The molecule has 4 heteroatoms. The van der Waals surface area contributed by atoms with Crippen molar-refractivity contribution < 1.29 is 0 Å². The Morgan fingerprint density at radius 2 is 2.14 bits per heavy atom. The molecule has 0 aliphatic heterocycles. The maximum atomic E-state index is 4.56. The molecular weight excluding hydrogens is 289 g/mol. The fourth-order valence-corrected chi connectivity index (χ4v) is 2.15. The molecule has 0 spiro atoms. The number of aryl methyl sites for hydroxylation is 1. The third-order valence-electron chi connectivity index (χ3n) is 2.37. The van der Waals surface area contributed by atoms with Crippen molar-refractivity contribution in [2.24, 2.45) is 0 Å². The van der Waals surface area contributed by atoms with E-state index in [4.69, 9.17) is 0 Å². The number of aromatic nitrogens is 3. The Bertz CT molecular complexity index is 621. The molecule has 0 atom stereocenters. The van der Waals surface area contributed by atoms with Crippen molar-refractivity contribution in [1.29, 1.82) is 0 Å². The summed E-state index contributed by atoms with van der Waals surface area (Å²) in [5.74, 6) is 0. The maximum absolute atomic E-state index is 4.56. The standard InChI is InChI=1S/C10H8IN3/c1-6-9(11)10-12-7-4-2-3-5-8(7)14(10)13-6/h2-5,13H,1H3. The van der Waals surface area contributed by atoms with Crippen LogP contribution in [0.5, 0.6) is 0 Å². The smallest absolute Gasteiger partial charge is 0.167 e. The summed E-state index contributed by atoms with van der Waals surface area (Å²) in [6.45, 7) is 2.06. The number of H-pyrrole nitrogens is 1. The van der Waals surface area contributed by atoms with Crippen LogP contribution in [0.15, 0.2) is 24.3 Å². The first-order valence-corrected chi connectivity index (χ1v) is 5.46. The van der Waals surface area contributed by atoms with E-state index >= 15 is 0 Å². The maximum Gasteiger partial charge on any atom is 0.167 e. The first-order chi connectivity index (χ1) is 6.77. The Balaban J connectivity index is 2.60. The Morgan fingerprint density at radius 3 is 3.00 bits per heavy atom. The predicted octanol–water partition coefficient (Wildman–Crippen LogP) is 2.73.